The number of fused-ring (bicyclic) bond motifs is 1. The van der Waals surface area contributed by atoms with Crippen molar-refractivity contribution in [1.82, 2.24) is 19.5 Å². The Labute approximate surface area is 183 Å². The maximum Gasteiger partial charge on any atom is 0.266 e. The van der Waals surface area contributed by atoms with E-state index in [1.807, 2.05) is 31.2 Å². The molecule has 0 aliphatic carbocycles. The minimum absolute atomic E-state index is 0.0288. The quantitative estimate of drug-likeness (QED) is 0.459. The molecule has 0 saturated heterocycles. The van der Waals surface area contributed by atoms with Gasteiger partial charge in [0, 0.05) is 18.2 Å². The van der Waals surface area contributed by atoms with Crippen LogP contribution in [0.2, 0.25) is 0 Å². The van der Waals surface area contributed by atoms with Crippen molar-refractivity contribution < 1.29 is 13.2 Å². The average Bonchev–Trinajstić information content (AvgIpc) is 3.14. The number of aryl methyl sites for hydroxylation is 1. The Balaban J connectivity index is 1.48. The predicted molar refractivity (Wildman–Crippen MR) is 120 cm³/mol. The second-order valence-corrected chi connectivity index (χ2v) is 9.77. The SMILES string of the molecule is COc1ccc(-c2ccc(=O)n(CCNS(=O)(=O)c3ccc4nc(C)sc4c3)n2)cc1. The van der Waals surface area contributed by atoms with E-state index in [1.54, 1.807) is 25.3 Å². The Bertz CT molecular complexity index is 1390. The number of nitrogens with one attached hydrogen (secondary N) is 1. The zero-order valence-electron chi connectivity index (χ0n) is 16.9. The lowest BCUT2D eigenvalue weighted by molar-refractivity contribution is 0.415. The summed E-state index contributed by atoms with van der Waals surface area (Å²) in [4.78, 5) is 16.7. The van der Waals surface area contributed by atoms with Gasteiger partial charge in [-0.2, -0.15) is 5.10 Å². The highest BCUT2D eigenvalue weighted by Gasteiger charge is 2.15. The highest BCUT2D eigenvalue weighted by molar-refractivity contribution is 7.89. The normalized spacial score (nSPS) is 11.7. The summed E-state index contributed by atoms with van der Waals surface area (Å²) in [6.45, 7) is 2.01. The van der Waals surface area contributed by atoms with Gasteiger partial charge >= 0.3 is 0 Å². The molecule has 10 heteroatoms. The molecule has 8 nitrogen and oxygen atoms in total. The molecular weight excluding hydrogens is 436 g/mol. The fourth-order valence-electron chi connectivity index (χ4n) is 3.08. The van der Waals surface area contributed by atoms with Crippen LogP contribution >= 0.6 is 11.3 Å². The van der Waals surface area contributed by atoms with E-state index in [0.717, 1.165) is 26.5 Å². The second kappa shape index (κ2) is 8.58. The third kappa shape index (κ3) is 4.66. The first-order chi connectivity index (χ1) is 14.9. The van der Waals surface area contributed by atoms with Crippen LogP contribution in [0, 0.1) is 6.92 Å². The molecule has 4 aromatic rings. The summed E-state index contributed by atoms with van der Waals surface area (Å²) in [5.74, 6) is 0.721. The summed E-state index contributed by atoms with van der Waals surface area (Å²) in [7, 11) is -2.14. The monoisotopic (exact) mass is 456 g/mol. The van der Waals surface area contributed by atoms with E-state index < -0.39 is 10.0 Å². The van der Waals surface area contributed by atoms with E-state index in [0.29, 0.717) is 5.69 Å². The van der Waals surface area contributed by atoms with Crippen LogP contribution in [0.1, 0.15) is 5.01 Å². The van der Waals surface area contributed by atoms with Crippen molar-refractivity contribution in [2.75, 3.05) is 13.7 Å². The van der Waals surface area contributed by atoms with Gasteiger partial charge in [-0.05, 0) is 55.5 Å². The Morgan fingerprint density at radius 1 is 1.10 bits per heavy atom. The highest BCUT2D eigenvalue weighted by atomic mass is 32.2. The molecule has 4 rings (SSSR count). The van der Waals surface area contributed by atoms with Crippen LogP contribution in [0.5, 0.6) is 5.75 Å². The molecule has 0 unspecified atom stereocenters. The molecule has 0 aliphatic rings. The summed E-state index contributed by atoms with van der Waals surface area (Å²) in [6, 6.07) is 15.2. The summed E-state index contributed by atoms with van der Waals surface area (Å²) in [6.07, 6.45) is 0. The maximum atomic E-state index is 12.7. The van der Waals surface area contributed by atoms with Crippen LogP contribution < -0.4 is 15.0 Å². The maximum absolute atomic E-state index is 12.7. The summed E-state index contributed by atoms with van der Waals surface area (Å²) >= 11 is 1.44. The molecule has 2 aromatic carbocycles. The highest BCUT2D eigenvalue weighted by Crippen LogP contribution is 2.24. The Morgan fingerprint density at radius 3 is 2.61 bits per heavy atom. The zero-order chi connectivity index (χ0) is 22.0. The second-order valence-electron chi connectivity index (χ2n) is 6.77. The van der Waals surface area contributed by atoms with Gasteiger partial charge in [0.25, 0.3) is 5.56 Å². The lowest BCUT2D eigenvalue weighted by Gasteiger charge is -2.09. The number of hydrogen-bond donors (Lipinski definition) is 1. The third-order valence-electron chi connectivity index (χ3n) is 4.65. The van der Waals surface area contributed by atoms with E-state index >= 15 is 0 Å². The molecule has 0 bridgehead atoms. The molecule has 0 atom stereocenters. The lowest BCUT2D eigenvalue weighted by atomic mass is 10.1. The van der Waals surface area contributed by atoms with Crippen LogP contribution in [-0.4, -0.2) is 36.8 Å². The van der Waals surface area contributed by atoms with Crippen LogP contribution in [-0.2, 0) is 16.6 Å². The average molecular weight is 457 g/mol. The Kier molecular flexibility index (Phi) is 5.86. The number of aromatic nitrogens is 3. The topological polar surface area (TPSA) is 103 Å². The molecule has 2 heterocycles. The van der Waals surface area contributed by atoms with Crippen molar-refractivity contribution in [3.05, 3.63) is 70.0 Å². The van der Waals surface area contributed by atoms with E-state index in [1.165, 1.54) is 28.2 Å². The van der Waals surface area contributed by atoms with Crippen molar-refractivity contribution >= 4 is 31.6 Å². The van der Waals surface area contributed by atoms with Crippen molar-refractivity contribution in [3.63, 3.8) is 0 Å². The molecule has 0 aliphatic heterocycles. The number of thiazole rings is 1. The summed E-state index contributed by atoms with van der Waals surface area (Å²) in [5, 5.41) is 5.23. The van der Waals surface area contributed by atoms with Gasteiger partial charge in [-0.3, -0.25) is 4.79 Å². The molecule has 0 spiro atoms. The molecular formula is C21H20N4O4S2. The van der Waals surface area contributed by atoms with Gasteiger partial charge in [-0.1, -0.05) is 0 Å². The van der Waals surface area contributed by atoms with E-state index in [-0.39, 0.29) is 23.5 Å². The number of sulfonamides is 1. The number of nitrogens with zero attached hydrogens (tertiary/aromatic N) is 3. The number of ether oxygens (including phenoxy) is 1. The molecule has 0 fully saturated rings. The first kappa shape index (κ1) is 21.2. The van der Waals surface area contributed by atoms with E-state index in [4.69, 9.17) is 4.74 Å². The molecule has 2 aromatic heterocycles. The predicted octanol–water partition coefficient (Wildman–Crippen LogP) is 2.82. The lowest BCUT2D eigenvalue weighted by Crippen LogP contribution is -2.32. The van der Waals surface area contributed by atoms with Gasteiger partial charge in [0.15, 0.2) is 0 Å². The minimum atomic E-state index is -3.72. The van der Waals surface area contributed by atoms with Crippen LogP contribution in [0.25, 0.3) is 21.5 Å². The fraction of sp³-hybridized carbons (Fsp3) is 0.190. The largest absolute Gasteiger partial charge is 0.497 e. The number of hydrogen-bond acceptors (Lipinski definition) is 7. The number of rotatable bonds is 7. The van der Waals surface area contributed by atoms with Crippen LogP contribution in [0.4, 0.5) is 0 Å². The van der Waals surface area contributed by atoms with Crippen LogP contribution in [0.3, 0.4) is 0 Å². The van der Waals surface area contributed by atoms with Gasteiger partial charge in [-0.15, -0.1) is 11.3 Å². The molecule has 31 heavy (non-hydrogen) atoms. The van der Waals surface area contributed by atoms with Gasteiger partial charge in [0.1, 0.15) is 5.75 Å². The molecule has 160 valence electrons. The molecule has 0 saturated carbocycles. The number of methoxy groups -OCH3 is 1. The van der Waals surface area contributed by atoms with E-state index in [2.05, 4.69) is 14.8 Å². The van der Waals surface area contributed by atoms with Crippen molar-refractivity contribution in [1.29, 1.82) is 0 Å². The molecule has 0 amide bonds. The molecule has 0 radical (unpaired) electrons. The smallest absolute Gasteiger partial charge is 0.266 e. The fourth-order valence-corrected chi connectivity index (χ4v) is 5.07. The Hall–Kier alpha value is -3.08. The number of benzene rings is 2. The Morgan fingerprint density at radius 2 is 1.87 bits per heavy atom. The van der Waals surface area contributed by atoms with E-state index in [9.17, 15) is 13.2 Å². The van der Waals surface area contributed by atoms with Crippen molar-refractivity contribution in [2.45, 2.75) is 18.4 Å². The van der Waals surface area contributed by atoms with Crippen LogP contribution in [0.15, 0.2) is 64.3 Å². The van der Waals surface area contributed by atoms with Crippen molar-refractivity contribution in [2.24, 2.45) is 0 Å². The van der Waals surface area contributed by atoms with Gasteiger partial charge in [-0.25, -0.2) is 22.8 Å². The van der Waals surface area contributed by atoms with Gasteiger partial charge in [0.2, 0.25) is 10.0 Å². The molecule has 1 N–H and O–H groups in total. The van der Waals surface area contributed by atoms with Crippen molar-refractivity contribution in [3.8, 4) is 17.0 Å². The standard InChI is InChI=1S/C21H20N4O4S2/c1-14-23-19-8-7-17(13-20(19)30-14)31(27,28)22-11-12-25-21(26)10-9-18(24-25)15-3-5-16(29-2)6-4-15/h3-10,13,22H,11-12H2,1-2H3. The minimum Gasteiger partial charge on any atom is -0.497 e. The van der Waals surface area contributed by atoms with Gasteiger partial charge in [0.05, 0.1) is 39.5 Å². The first-order valence-corrected chi connectivity index (χ1v) is 11.8. The first-order valence-electron chi connectivity index (χ1n) is 9.45. The summed E-state index contributed by atoms with van der Waals surface area (Å²) < 4.78 is 35.1. The summed E-state index contributed by atoms with van der Waals surface area (Å²) in [5.41, 5.74) is 1.89. The third-order valence-corrected chi connectivity index (χ3v) is 7.04. The zero-order valence-corrected chi connectivity index (χ0v) is 18.5. The van der Waals surface area contributed by atoms with Gasteiger partial charge < -0.3 is 4.74 Å².